The highest BCUT2D eigenvalue weighted by Gasteiger charge is 2.14. The van der Waals surface area contributed by atoms with E-state index in [0.717, 1.165) is 17.6 Å². The third-order valence-electron chi connectivity index (χ3n) is 2.74. The van der Waals surface area contributed by atoms with E-state index in [9.17, 15) is 4.79 Å². The van der Waals surface area contributed by atoms with Gasteiger partial charge in [-0.1, -0.05) is 18.2 Å². The molecule has 0 bridgehead atoms. The molecule has 2 aromatic rings. The Morgan fingerprint density at radius 1 is 1.29 bits per heavy atom. The number of carbonyl (C=O) groups is 1. The molecule has 0 amide bonds. The molecular weight excluding hydrogens is 232 g/mol. The van der Waals surface area contributed by atoms with Gasteiger partial charge in [-0.05, 0) is 29.1 Å². The molecule has 0 saturated carbocycles. The summed E-state index contributed by atoms with van der Waals surface area (Å²) in [4.78, 5) is 12.0. The van der Waals surface area contributed by atoms with Crippen LogP contribution in [0.5, 0.6) is 5.75 Å². The van der Waals surface area contributed by atoms with Crippen LogP contribution in [-0.4, -0.2) is 13.4 Å². The number of aldehydes is 1. The Hall–Kier alpha value is -1.61. The summed E-state index contributed by atoms with van der Waals surface area (Å²) in [5.74, 6) is 1.00. The van der Waals surface area contributed by atoms with Crippen LogP contribution in [0.25, 0.3) is 0 Å². The van der Waals surface area contributed by atoms with Crippen molar-refractivity contribution in [1.82, 2.24) is 0 Å². The van der Waals surface area contributed by atoms with Gasteiger partial charge in [0.15, 0.2) is 0 Å². The minimum atomic E-state index is 0.165. The number of methoxy groups -OCH3 is 1. The third kappa shape index (κ3) is 2.74. The van der Waals surface area contributed by atoms with Crippen LogP contribution in [0.4, 0.5) is 0 Å². The predicted molar refractivity (Wildman–Crippen MR) is 69.8 cm³/mol. The van der Waals surface area contributed by atoms with Gasteiger partial charge in [0.25, 0.3) is 0 Å². The Morgan fingerprint density at radius 2 is 2.06 bits per heavy atom. The summed E-state index contributed by atoms with van der Waals surface area (Å²) < 4.78 is 5.13. The molecule has 0 N–H and O–H groups in total. The molecule has 0 aliphatic rings. The lowest BCUT2D eigenvalue weighted by molar-refractivity contribution is -0.108. The van der Waals surface area contributed by atoms with Gasteiger partial charge in [-0.25, -0.2) is 0 Å². The van der Waals surface area contributed by atoms with Crippen LogP contribution in [0, 0.1) is 0 Å². The van der Waals surface area contributed by atoms with Crippen molar-refractivity contribution in [3.05, 3.63) is 52.2 Å². The Bertz CT molecular complexity index is 459. The van der Waals surface area contributed by atoms with E-state index in [1.54, 1.807) is 18.4 Å². The number of carbonyl (C=O) groups excluding carboxylic acids is 1. The maximum Gasteiger partial charge on any atom is 0.120 e. The number of hydrogen-bond donors (Lipinski definition) is 0. The van der Waals surface area contributed by atoms with Gasteiger partial charge in [-0.3, -0.25) is 0 Å². The molecule has 0 saturated heterocycles. The number of hydrogen-bond acceptors (Lipinski definition) is 3. The smallest absolute Gasteiger partial charge is 0.120 e. The van der Waals surface area contributed by atoms with Crippen molar-refractivity contribution in [2.24, 2.45) is 0 Å². The maximum absolute atomic E-state index is 10.8. The van der Waals surface area contributed by atoms with E-state index < -0.39 is 0 Å². The van der Waals surface area contributed by atoms with Crippen molar-refractivity contribution >= 4 is 17.6 Å². The van der Waals surface area contributed by atoms with Crippen molar-refractivity contribution < 1.29 is 9.53 Å². The molecule has 1 heterocycles. The van der Waals surface area contributed by atoms with E-state index in [4.69, 9.17) is 4.74 Å². The van der Waals surface area contributed by atoms with Gasteiger partial charge < -0.3 is 9.53 Å². The summed E-state index contributed by atoms with van der Waals surface area (Å²) >= 11 is 1.69. The molecule has 2 rings (SSSR count). The molecule has 1 aromatic heterocycles. The van der Waals surface area contributed by atoms with Crippen molar-refractivity contribution in [3.63, 3.8) is 0 Å². The Balaban J connectivity index is 2.29. The molecule has 0 radical (unpaired) electrons. The topological polar surface area (TPSA) is 26.3 Å². The van der Waals surface area contributed by atoms with Gasteiger partial charge in [0, 0.05) is 17.2 Å². The van der Waals surface area contributed by atoms with Gasteiger partial charge in [0.2, 0.25) is 0 Å². The van der Waals surface area contributed by atoms with Crippen LogP contribution < -0.4 is 4.74 Å². The fourth-order valence-corrected chi connectivity index (χ4v) is 2.71. The minimum absolute atomic E-state index is 0.165. The average molecular weight is 246 g/mol. The first-order chi connectivity index (χ1) is 8.35. The summed E-state index contributed by atoms with van der Waals surface area (Å²) in [5.41, 5.74) is 1.15. The zero-order valence-corrected chi connectivity index (χ0v) is 10.4. The highest BCUT2D eigenvalue weighted by atomic mass is 32.1. The second-order valence-electron chi connectivity index (χ2n) is 3.74. The third-order valence-corrected chi connectivity index (χ3v) is 3.72. The van der Waals surface area contributed by atoms with Crippen molar-refractivity contribution in [2.75, 3.05) is 7.11 Å². The van der Waals surface area contributed by atoms with Gasteiger partial charge in [-0.2, -0.15) is 0 Å². The first-order valence-corrected chi connectivity index (χ1v) is 6.34. The molecule has 3 heteroatoms. The molecule has 0 fully saturated rings. The van der Waals surface area contributed by atoms with E-state index in [1.807, 2.05) is 35.7 Å². The molecule has 88 valence electrons. The summed E-state index contributed by atoms with van der Waals surface area (Å²) in [5, 5.41) is 2.04. The van der Waals surface area contributed by atoms with Crippen LogP contribution in [-0.2, 0) is 4.79 Å². The van der Waals surface area contributed by atoms with Crippen LogP contribution in [0.1, 0.15) is 22.8 Å². The number of benzene rings is 1. The van der Waals surface area contributed by atoms with E-state index in [-0.39, 0.29) is 5.92 Å². The van der Waals surface area contributed by atoms with Crippen molar-refractivity contribution in [2.45, 2.75) is 12.3 Å². The van der Waals surface area contributed by atoms with Gasteiger partial charge in [-0.15, -0.1) is 11.3 Å². The lowest BCUT2D eigenvalue weighted by atomic mass is 9.95. The SMILES string of the molecule is COc1ccc(C(CC=O)c2cccs2)cc1. The average Bonchev–Trinajstić information content (AvgIpc) is 2.90. The fourth-order valence-electron chi connectivity index (χ4n) is 1.84. The predicted octanol–water partition coefficient (Wildman–Crippen LogP) is 3.48. The Labute approximate surface area is 105 Å². The molecule has 0 aliphatic heterocycles. The summed E-state index contributed by atoms with van der Waals surface area (Å²) in [6, 6.07) is 12.0. The number of ether oxygens (including phenoxy) is 1. The quantitative estimate of drug-likeness (QED) is 0.755. The van der Waals surface area contributed by atoms with Crippen LogP contribution in [0.2, 0.25) is 0 Å². The number of rotatable bonds is 5. The fraction of sp³-hybridized carbons (Fsp3) is 0.214. The summed E-state index contributed by atoms with van der Waals surface area (Å²) in [7, 11) is 1.65. The lowest BCUT2D eigenvalue weighted by Gasteiger charge is -2.13. The van der Waals surface area contributed by atoms with Crippen molar-refractivity contribution in [1.29, 1.82) is 0 Å². The first-order valence-electron chi connectivity index (χ1n) is 5.46. The number of thiophene rings is 1. The van der Waals surface area contributed by atoms with E-state index in [1.165, 1.54) is 4.88 Å². The normalized spacial score (nSPS) is 12.1. The summed E-state index contributed by atoms with van der Waals surface area (Å²) in [6.45, 7) is 0. The lowest BCUT2D eigenvalue weighted by Crippen LogP contribution is -1.99. The molecule has 0 spiro atoms. The first kappa shape index (κ1) is 11.9. The zero-order valence-electron chi connectivity index (χ0n) is 9.63. The van der Waals surface area contributed by atoms with E-state index >= 15 is 0 Å². The van der Waals surface area contributed by atoms with Gasteiger partial charge >= 0.3 is 0 Å². The molecule has 1 unspecified atom stereocenters. The van der Waals surface area contributed by atoms with E-state index in [2.05, 4.69) is 6.07 Å². The highest BCUT2D eigenvalue weighted by Crippen LogP contribution is 2.31. The molecular formula is C14H14O2S. The molecule has 2 nitrogen and oxygen atoms in total. The van der Waals surface area contributed by atoms with Crippen LogP contribution in [0.15, 0.2) is 41.8 Å². The van der Waals surface area contributed by atoms with E-state index in [0.29, 0.717) is 6.42 Å². The Morgan fingerprint density at radius 3 is 2.59 bits per heavy atom. The largest absolute Gasteiger partial charge is 0.497 e. The second kappa shape index (κ2) is 5.64. The second-order valence-corrected chi connectivity index (χ2v) is 4.72. The van der Waals surface area contributed by atoms with Crippen molar-refractivity contribution in [3.8, 4) is 5.75 Å². The standard InChI is InChI=1S/C14H14O2S/c1-16-12-6-4-11(5-7-12)13(8-9-15)14-3-2-10-17-14/h2-7,9-10,13H,8H2,1H3. The maximum atomic E-state index is 10.8. The summed E-state index contributed by atoms with van der Waals surface area (Å²) in [6.07, 6.45) is 1.50. The minimum Gasteiger partial charge on any atom is -0.497 e. The molecule has 0 aliphatic carbocycles. The van der Waals surface area contributed by atoms with Crippen LogP contribution >= 0.6 is 11.3 Å². The zero-order chi connectivity index (χ0) is 12.1. The Kier molecular flexibility index (Phi) is 3.94. The molecule has 1 aromatic carbocycles. The molecule has 17 heavy (non-hydrogen) atoms. The van der Waals surface area contributed by atoms with Crippen LogP contribution in [0.3, 0.4) is 0 Å². The van der Waals surface area contributed by atoms with Gasteiger partial charge in [0.1, 0.15) is 12.0 Å². The molecule has 1 atom stereocenters. The monoisotopic (exact) mass is 246 g/mol. The highest BCUT2D eigenvalue weighted by molar-refractivity contribution is 7.10. The van der Waals surface area contributed by atoms with Gasteiger partial charge in [0.05, 0.1) is 7.11 Å².